The highest BCUT2D eigenvalue weighted by Gasteiger charge is 2.19. The summed E-state index contributed by atoms with van der Waals surface area (Å²) in [5.41, 5.74) is 5.98. The van der Waals surface area contributed by atoms with Crippen LogP contribution in [0.1, 0.15) is 17.3 Å². The quantitative estimate of drug-likeness (QED) is 0.713. The number of methoxy groups -OCH3 is 1. The first kappa shape index (κ1) is 14.1. The highest BCUT2D eigenvalue weighted by molar-refractivity contribution is 6.33. The van der Waals surface area contributed by atoms with E-state index in [1.165, 1.54) is 26.2 Å². The molecule has 0 saturated carbocycles. The number of rotatable bonds is 4. The van der Waals surface area contributed by atoms with Gasteiger partial charge in [0.05, 0.1) is 23.4 Å². The number of nitrogens with two attached hydrogens (primary N) is 1. The molecule has 0 bridgehead atoms. The van der Waals surface area contributed by atoms with E-state index in [9.17, 15) is 9.59 Å². The number of halogens is 1. The summed E-state index contributed by atoms with van der Waals surface area (Å²) in [6, 6.07) is 1.72. The van der Waals surface area contributed by atoms with Gasteiger partial charge in [0.1, 0.15) is 11.8 Å². The number of amides is 1. The fourth-order valence-corrected chi connectivity index (χ4v) is 1.42. The summed E-state index contributed by atoms with van der Waals surface area (Å²) in [5, 5.41) is 11.2. The number of carbonyl (C=O) groups excluding carboxylic acids is 1. The molecule has 7 heteroatoms. The Kier molecular flexibility index (Phi) is 4.38. The van der Waals surface area contributed by atoms with E-state index in [1.54, 1.807) is 0 Å². The van der Waals surface area contributed by atoms with Gasteiger partial charge in [-0.1, -0.05) is 11.6 Å². The van der Waals surface area contributed by atoms with Crippen LogP contribution < -0.4 is 15.8 Å². The van der Waals surface area contributed by atoms with Crippen LogP contribution in [0, 0.1) is 0 Å². The van der Waals surface area contributed by atoms with Crippen LogP contribution in [0.25, 0.3) is 0 Å². The fraction of sp³-hybridized carbons (Fsp3) is 0.273. The SMILES string of the molecule is COc1cc(N)c(Cl)cc1C(=O)N[C@H](C)C(=O)O. The summed E-state index contributed by atoms with van der Waals surface area (Å²) in [7, 11) is 1.38. The van der Waals surface area contributed by atoms with Crippen molar-refractivity contribution in [1.82, 2.24) is 5.32 Å². The molecule has 0 heterocycles. The third kappa shape index (κ3) is 3.04. The van der Waals surface area contributed by atoms with Crippen molar-refractivity contribution >= 4 is 29.2 Å². The average Bonchev–Trinajstić information content (AvgIpc) is 2.31. The molecule has 0 radical (unpaired) electrons. The Labute approximate surface area is 109 Å². The van der Waals surface area contributed by atoms with Crippen LogP contribution >= 0.6 is 11.6 Å². The third-order valence-electron chi connectivity index (χ3n) is 2.28. The smallest absolute Gasteiger partial charge is 0.325 e. The second-order valence-corrected chi connectivity index (χ2v) is 4.01. The predicted molar refractivity (Wildman–Crippen MR) is 67.0 cm³/mol. The maximum Gasteiger partial charge on any atom is 0.325 e. The van der Waals surface area contributed by atoms with Gasteiger partial charge >= 0.3 is 5.97 Å². The number of nitrogens with one attached hydrogen (secondary N) is 1. The second kappa shape index (κ2) is 5.59. The van der Waals surface area contributed by atoms with Crippen molar-refractivity contribution < 1.29 is 19.4 Å². The lowest BCUT2D eigenvalue weighted by atomic mass is 10.1. The van der Waals surface area contributed by atoms with Gasteiger partial charge in [-0.25, -0.2) is 0 Å². The molecule has 0 unspecified atom stereocenters. The largest absolute Gasteiger partial charge is 0.496 e. The van der Waals surface area contributed by atoms with Crippen molar-refractivity contribution in [3.63, 3.8) is 0 Å². The van der Waals surface area contributed by atoms with Gasteiger partial charge in [0.25, 0.3) is 5.91 Å². The lowest BCUT2D eigenvalue weighted by Gasteiger charge is -2.13. The molecule has 0 aliphatic heterocycles. The molecule has 1 aromatic carbocycles. The van der Waals surface area contributed by atoms with Crippen molar-refractivity contribution in [3.05, 3.63) is 22.7 Å². The molecule has 0 aliphatic rings. The third-order valence-corrected chi connectivity index (χ3v) is 2.61. The Morgan fingerprint density at radius 2 is 2.11 bits per heavy atom. The summed E-state index contributed by atoms with van der Waals surface area (Å²) in [6.07, 6.45) is 0. The van der Waals surface area contributed by atoms with Crippen LogP contribution in [-0.4, -0.2) is 30.1 Å². The summed E-state index contributed by atoms with van der Waals surface area (Å²) < 4.78 is 5.00. The summed E-state index contributed by atoms with van der Waals surface area (Å²) >= 11 is 5.81. The normalized spacial score (nSPS) is 11.7. The molecule has 6 nitrogen and oxygen atoms in total. The number of ether oxygens (including phenoxy) is 1. The van der Waals surface area contributed by atoms with Crippen LogP contribution in [-0.2, 0) is 4.79 Å². The summed E-state index contributed by atoms with van der Waals surface area (Å²) in [6.45, 7) is 1.35. The first-order chi connectivity index (χ1) is 8.36. The number of hydrogen-bond donors (Lipinski definition) is 3. The Hall–Kier alpha value is -1.95. The molecule has 4 N–H and O–H groups in total. The molecular weight excluding hydrogens is 260 g/mol. The summed E-state index contributed by atoms with van der Waals surface area (Å²) in [5.74, 6) is -1.50. The minimum atomic E-state index is -1.14. The molecule has 0 aromatic heterocycles. The van der Waals surface area contributed by atoms with Gasteiger partial charge in [-0.15, -0.1) is 0 Å². The number of carboxylic acid groups (broad SMARTS) is 1. The molecular formula is C11H13ClN2O4. The van der Waals surface area contributed by atoms with Gasteiger partial charge in [0.2, 0.25) is 0 Å². The van der Waals surface area contributed by atoms with Crippen molar-refractivity contribution in [1.29, 1.82) is 0 Å². The second-order valence-electron chi connectivity index (χ2n) is 3.61. The average molecular weight is 273 g/mol. The van der Waals surface area contributed by atoms with Crippen molar-refractivity contribution in [2.75, 3.05) is 12.8 Å². The van der Waals surface area contributed by atoms with Crippen LogP contribution in [0.3, 0.4) is 0 Å². The molecule has 0 aliphatic carbocycles. The van der Waals surface area contributed by atoms with Gasteiger partial charge in [0.15, 0.2) is 0 Å². The molecule has 0 saturated heterocycles. The van der Waals surface area contributed by atoms with Gasteiger partial charge in [-0.3, -0.25) is 9.59 Å². The molecule has 18 heavy (non-hydrogen) atoms. The number of anilines is 1. The maximum absolute atomic E-state index is 11.8. The standard InChI is InChI=1S/C11H13ClN2O4/c1-5(11(16)17)14-10(15)6-3-7(12)8(13)4-9(6)18-2/h3-5H,13H2,1-2H3,(H,14,15)(H,16,17)/t5-/m1/s1. The van der Waals surface area contributed by atoms with Gasteiger partial charge in [0, 0.05) is 6.07 Å². The zero-order valence-electron chi connectivity index (χ0n) is 9.86. The molecule has 1 atom stereocenters. The Morgan fingerprint density at radius 1 is 1.50 bits per heavy atom. The molecule has 1 aromatic rings. The maximum atomic E-state index is 11.8. The van der Waals surface area contributed by atoms with E-state index >= 15 is 0 Å². The Balaban J connectivity index is 3.05. The van der Waals surface area contributed by atoms with E-state index in [1.807, 2.05) is 0 Å². The number of nitrogen functional groups attached to an aromatic ring is 1. The van der Waals surface area contributed by atoms with Crippen molar-refractivity contribution in [2.45, 2.75) is 13.0 Å². The Bertz CT molecular complexity index is 490. The number of carbonyl (C=O) groups is 2. The highest BCUT2D eigenvalue weighted by atomic mass is 35.5. The zero-order valence-corrected chi connectivity index (χ0v) is 10.6. The van der Waals surface area contributed by atoms with E-state index in [0.29, 0.717) is 0 Å². The molecule has 1 amide bonds. The zero-order chi connectivity index (χ0) is 13.9. The monoisotopic (exact) mass is 272 g/mol. The van der Waals surface area contributed by atoms with E-state index in [4.69, 9.17) is 27.2 Å². The first-order valence-electron chi connectivity index (χ1n) is 5.03. The topological polar surface area (TPSA) is 102 Å². The predicted octanol–water partition coefficient (Wildman–Crippen LogP) is 1.13. The minimum absolute atomic E-state index is 0.129. The van der Waals surface area contributed by atoms with E-state index in [-0.39, 0.29) is 22.0 Å². The van der Waals surface area contributed by atoms with Crippen molar-refractivity contribution in [3.8, 4) is 5.75 Å². The van der Waals surface area contributed by atoms with Crippen LogP contribution in [0.5, 0.6) is 5.75 Å². The van der Waals surface area contributed by atoms with Crippen molar-refractivity contribution in [2.24, 2.45) is 0 Å². The number of hydrogen-bond acceptors (Lipinski definition) is 4. The molecule has 0 spiro atoms. The van der Waals surface area contributed by atoms with Crippen LogP contribution in [0.2, 0.25) is 5.02 Å². The molecule has 98 valence electrons. The van der Waals surface area contributed by atoms with E-state index in [0.717, 1.165) is 0 Å². The van der Waals surface area contributed by atoms with E-state index in [2.05, 4.69) is 5.32 Å². The van der Waals surface area contributed by atoms with Gasteiger partial charge in [-0.05, 0) is 13.0 Å². The lowest BCUT2D eigenvalue weighted by Crippen LogP contribution is -2.38. The number of aliphatic carboxylic acids is 1. The van der Waals surface area contributed by atoms with Gasteiger partial charge < -0.3 is 20.9 Å². The van der Waals surface area contributed by atoms with Gasteiger partial charge in [-0.2, -0.15) is 0 Å². The fourth-order valence-electron chi connectivity index (χ4n) is 1.25. The summed E-state index contributed by atoms with van der Waals surface area (Å²) in [4.78, 5) is 22.5. The number of benzene rings is 1. The first-order valence-corrected chi connectivity index (χ1v) is 5.41. The highest BCUT2D eigenvalue weighted by Crippen LogP contribution is 2.28. The molecule has 0 fully saturated rings. The van der Waals surface area contributed by atoms with Crippen LogP contribution in [0.15, 0.2) is 12.1 Å². The lowest BCUT2D eigenvalue weighted by molar-refractivity contribution is -0.138. The molecule has 1 rings (SSSR count). The minimum Gasteiger partial charge on any atom is -0.496 e. The Morgan fingerprint density at radius 3 is 2.61 bits per heavy atom. The van der Waals surface area contributed by atoms with Crippen LogP contribution in [0.4, 0.5) is 5.69 Å². The van der Waals surface area contributed by atoms with E-state index < -0.39 is 17.9 Å². The number of carboxylic acids is 1.